The third-order valence-corrected chi connectivity index (χ3v) is 3.67. The van der Waals surface area contributed by atoms with E-state index in [-0.39, 0.29) is 0 Å². The molecule has 0 radical (unpaired) electrons. The van der Waals surface area contributed by atoms with E-state index in [4.69, 9.17) is 9.47 Å². The molecule has 1 saturated heterocycles. The Morgan fingerprint density at radius 1 is 1.50 bits per heavy atom. The Morgan fingerprint density at radius 3 is 3.06 bits per heavy atom. The standard InChI is InChI=1S/C15H23NO2/c1-16-14(9-13-6-7-18-11-13)8-12-4-3-5-15(10-12)17-2/h3-5,10,13-14,16H,6-9,11H2,1-2H3. The molecule has 100 valence electrons. The summed E-state index contributed by atoms with van der Waals surface area (Å²) in [5.41, 5.74) is 1.33. The predicted molar refractivity (Wildman–Crippen MR) is 73.1 cm³/mol. The first kappa shape index (κ1) is 13.4. The van der Waals surface area contributed by atoms with Crippen LogP contribution < -0.4 is 10.1 Å². The Balaban J connectivity index is 1.91. The molecule has 0 aromatic heterocycles. The molecule has 1 aliphatic rings. The highest BCUT2D eigenvalue weighted by atomic mass is 16.5. The molecule has 1 fully saturated rings. The molecule has 1 aliphatic heterocycles. The molecule has 3 heteroatoms. The number of nitrogens with one attached hydrogen (secondary N) is 1. The first-order chi connectivity index (χ1) is 8.81. The zero-order valence-corrected chi connectivity index (χ0v) is 11.3. The van der Waals surface area contributed by atoms with E-state index in [1.54, 1.807) is 7.11 Å². The van der Waals surface area contributed by atoms with E-state index in [0.29, 0.717) is 12.0 Å². The summed E-state index contributed by atoms with van der Waals surface area (Å²) in [6, 6.07) is 8.85. The predicted octanol–water partition coefficient (Wildman–Crippen LogP) is 2.25. The first-order valence-corrected chi connectivity index (χ1v) is 6.69. The minimum atomic E-state index is 0.517. The van der Waals surface area contributed by atoms with Crippen LogP contribution in [-0.4, -0.2) is 33.4 Å². The van der Waals surface area contributed by atoms with Crippen molar-refractivity contribution in [2.75, 3.05) is 27.4 Å². The second kappa shape index (κ2) is 6.76. The van der Waals surface area contributed by atoms with Crippen molar-refractivity contribution in [3.63, 3.8) is 0 Å². The third-order valence-electron chi connectivity index (χ3n) is 3.67. The summed E-state index contributed by atoms with van der Waals surface area (Å²) >= 11 is 0. The topological polar surface area (TPSA) is 30.5 Å². The van der Waals surface area contributed by atoms with Gasteiger partial charge < -0.3 is 14.8 Å². The van der Waals surface area contributed by atoms with Crippen LogP contribution in [0.2, 0.25) is 0 Å². The van der Waals surface area contributed by atoms with Gasteiger partial charge in [-0.3, -0.25) is 0 Å². The van der Waals surface area contributed by atoms with Gasteiger partial charge >= 0.3 is 0 Å². The van der Waals surface area contributed by atoms with Crippen molar-refractivity contribution in [3.05, 3.63) is 29.8 Å². The number of hydrogen-bond acceptors (Lipinski definition) is 3. The van der Waals surface area contributed by atoms with E-state index in [9.17, 15) is 0 Å². The lowest BCUT2D eigenvalue weighted by Crippen LogP contribution is -2.30. The van der Waals surface area contributed by atoms with E-state index in [2.05, 4.69) is 23.5 Å². The van der Waals surface area contributed by atoms with Crippen molar-refractivity contribution < 1.29 is 9.47 Å². The smallest absolute Gasteiger partial charge is 0.119 e. The molecule has 0 saturated carbocycles. The van der Waals surface area contributed by atoms with Crippen molar-refractivity contribution in [1.82, 2.24) is 5.32 Å². The van der Waals surface area contributed by atoms with Crippen LogP contribution in [0.4, 0.5) is 0 Å². The minimum absolute atomic E-state index is 0.517. The van der Waals surface area contributed by atoms with Gasteiger partial charge in [-0.15, -0.1) is 0 Å². The van der Waals surface area contributed by atoms with E-state index in [1.807, 2.05) is 13.1 Å². The van der Waals surface area contributed by atoms with Crippen molar-refractivity contribution in [2.45, 2.75) is 25.3 Å². The molecule has 0 aliphatic carbocycles. The lowest BCUT2D eigenvalue weighted by Gasteiger charge is -2.19. The SMILES string of the molecule is CNC(Cc1cccc(OC)c1)CC1CCOC1. The van der Waals surface area contributed by atoms with Gasteiger partial charge in [-0.05, 0) is 49.9 Å². The van der Waals surface area contributed by atoms with Crippen LogP contribution in [0.15, 0.2) is 24.3 Å². The summed E-state index contributed by atoms with van der Waals surface area (Å²) in [7, 11) is 3.76. The van der Waals surface area contributed by atoms with Gasteiger partial charge in [0.1, 0.15) is 5.75 Å². The highest BCUT2D eigenvalue weighted by Gasteiger charge is 2.20. The van der Waals surface area contributed by atoms with Crippen LogP contribution in [0.3, 0.4) is 0 Å². The van der Waals surface area contributed by atoms with Crippen LogP contribution >= 0.6 is 0 Å². The van der Waals surface area contributed by atoms with Crippen LogP contribution in [0, 0.1) is 5.92 Å². The average Bonchev–Trinajstić information content (AvgIpc) is 2.91. The molecule has 1 aromatic rings. The Hall–Kier alpha value is -1.06. The summed E-state index contributed by atoms with van der Waals surface area (Å²) in [5, 5.41) is 3.42. The normalized spacial score (nSPS) is 20.9. The fraction of sp³-hybridized carbons (Fsp3) is 0.600. The molecule has 1 aromatic carbocycles. The van der Waals surface area contributed by atoms with Gasteiger partial charge in [-0.25, -0.2) is 0 Å². The summed E-state index contributed by atoms with van der Waals surface area (Å²) in [6.07, 6.45) is 3.44. The van der Waals surface area contributed by atoms with Gasteiger partial charge in [0.2, 0.25) is 0 Å². The molecule has 18 heavy (non-hydrogen) atoms. The number of benzene rings is 1. The number of rotatable bonds is 6. The molecule has 3 nitrogen and oxygen atoms in total. The summed E-state index contributed by atoms with van der Waals surface area (Å²) in [5.74, 6) is 1.65. The number of likely N-dealkylation sites (N-methyl/N-ethyl adjacent to an activating group) is 1. The Bertz CT molecular complexity index is 361. The Morgan fingerprint density at radius 2 is 2.39 bits per heavy atom. The van der Waals surface area contributed by atoms with E-state index < -0.39 is 0 Å². The summed E-state index contributed by atoms with van der Waals surface area (Å²) < 4.78 is 10.7. The highest BCUT2D eigenvalue weighted by Crippen LogP contribution is 2.21. The molecular weight excluding hydrogens is 226 g/mol. The molecule has 2 atom stereocenters. The van der Waals surface area contributed by atoms with E-state index >= 15 is 0 Å². The average molecular weight is 249 g/mol. The van der Waals surface area contributed by atoms with Crippen molar-refractivity contribution in [3.8, 4) is 5.75 Å². The number of methoxy groups -OCH3 is 1. The maximum Gasteiger partial charge on any atom is 0.119 e. The van der Waals surface area contributed by atoms with Gasteiger partial charge in [0.05, 0.1) is 7.11 Å². The molecule has 0 bridgehead atoms. The van der Waals surface area contributed by atoms with Gasteiger partial charge in [-0.1, -0.05) is 12.1 Å². The summed E-state index contributed by atoms with van der Waals surface area (Å²) in [6.45, 7) is 1.86. The maximum absolute atomic E-state index is 5.44. The van der Waals surface area contributed by atoms with E-state index in [0.717, 1.165) is 25.4 Å². The van der Waals surface area contributed by atoms with Crippen LogP contribution in [0.5, 0.6) is 5.75 Å². The van der Waals surface area contributed by atoms with Crippen molar-refractivity contribution in [2.24, 2.45) is 5.92 Å². The largest absolute Gasteiger partial charge is 0.497 e. The first-order valence-electron chi connectivity index (χ1n) is 6.69. The van der Waals surface area contributed by atoms with Gasteiger partial charge in [0.15, 0.2) is 0 Å². The monoisotopic (exact) mass is 249 g/mol. The second-order valence-electron chi connectivity index (χ2n) is 5.01. The minimum Gasteiger partial charge on any atom is -0.497 e. The zero-order valence-electron chi connectivity index (χ0n) is 11.3. The molecule has 2 rings (SSSR count). The maximum atomic E-state index is 5.44. The lowest BCUT2D eigenvalue weighted by molar-refractivity contribution is 0.181. The zero-order chi connectivity index (χ0) is 12.8. The fourth-order valence-corrected chi connectivity index (χ4v) is 2.56. The van der Waals surface area contributed by atoms with E-state index in [1.165, 1.54) is 18.4 Å². The highest BCUT2D eigenvalue weighted by molar-refractivity contribution is 5.28. The van der Waals surface area contributed by atoms with Gasteiger partial charge in [0.25, 0.3) is 0 Å². The van der Waals surface area contributed by atoms with Gasteiger partial charge in [-0.2, -0.15) is 0 Å². The molecular formula is C15H23NO2. The van der Waals surface area contributed by atoms with Crippen LogP contribution in [0.1, 0.15) is 18.4 Å². The molecule has 1 N–H and O–H groups in total. The molecule has 2 unspecified atom stereocenters. The van der Waals surface area contributed by atoms with Crippen LogP contribution in [-0.2, 0) is 11.2 Å². The van der Waals surface area contributed by atoms with Crippen molar-refractivity contribution in [1.29, 1.82) is 0 Å². The lowest BCUT2D eigenvalue weighted by atomic mass is 9.94. The molecule has 1 heterocycles. The number of ether oxygens (including phenoxy) is 2. The third kappa shape index (κ3) is 3.72. The molecule has 0 spiro atoms. The second-order valence-corrected chi connectivity index (χ2v) is 5.01. The molecule has 0 amide bonds. The quantitative estimate of drug-likeness (QED) is 0.839. The van der Waals surface area contributed by atoms with Crippen LogP contribution in [0.25, 0.3) is 0 Å². The van der Waals surface area contributed by atoms with Gasteiger partial charge in [0, 0.05) is 19.3 Å². The summed E-state index contributed by atoms with van der Waals surface area (Å²) in [4.78, 5) is 0. The Kier molecular flexibility index (Phi) is 5.02. The fourth-order valence-electron chi connectivity index (χ4n) is 2.56. The number of hydrogen-bond donors (Lipinski definition) is 1. The van der Waals surface area contributed by atoms with Crippen molar-refractivity contribution >= 4 is 0 Å². The Labute approximate surface area is 109 Å².